The highest BCUT2D eigenvalue weighted by Crippen LogP contribution is 2.35. The topological polar surface area (TPSA) is 81.6 Å². The summed E-state index contributed by atoms with van der Waals surface area (Å²) in [6.45, 7) is 2.09. The van der Waals surface area contributed by atoms with Gasteiger partial charge >= 0.3 is 0 Å². The molecule has 4 aromatic rings. The van der Waals surface area contributed by atoms with Crippen molar-refractivity contribution in [3.63, 3.8) is 0 Å². The van der Waals surface area contributed by atoms with E-state index in [1.807, 2.05) is 30.6 Å². The van der Waals surface area contributed by atoms with Crippen LogP contribution in [-0.4, -0.2) is 32.8 Å². The van der Waals surface area contributed by atoms with Crippen LogP contribution in [0.3, 0.4) is 0 Å². The van der Waals surface area contributed by atoms with Gasteiger partial charge < -0.3 is 11.1 Å². The van der Waals surface area contributed by atoms with E-state index in [0.717, 1.165) is 57.8 Å². The van der Waals surface area contributed by atoms with Crippen LogP contribution in [0.25, 0.3) is 31.9 Å². The van der Waals surface area contributed by atoms with Gasteiger partial charge in [-0.25, -0.2) is 9.97 Å². The summed E-state index contributed by atoms with van der Waals surface area (Å²) >= 11 is 1.64. The number of hydrogen-bond acceptors (Lipinski definition) is 6. The van der Waals surface area contributed by atoms with Gasteiger partial charge in [0.05, 0.1) is 28.0 Å². The molecule has 1 aliphatic rings. The third-order valence-electron chi connectivity index (χ3n) is 5.06. The maximum absolute atomic E-state index is 6.17. The van der Waals surface area contributed by atoms with Crippen LogP contribution in [0.15, 0.2) is 48.9 Å². The maximum atomic E-state index is 6.17. The fourth-order valence-electron chi connectivity index (χ4n) is 3.55. The highest BCUT2D eigenvalue weighted by molar-refractivity contribution is 7.21. The number of piperidine rings is 1. The number of benzene rings is 1. The Kier molecular flexibility index (Phi) is 4.10. The summed E-state index contributed by atoms with van der Waals surface area (Å²) in [4.78, 5) is 9.15. The van der Waals surface area contributed by atoms with Crippen molar-refractivity contribution >= 4 is 27.4 Å². The first-order valence-electron chi connectivity index (χ1n) is 9.14. The monoisotopic (exact) mass is 376 g/mol. The highest BCUT2D eigenvalue weighted by Gasteiger charge is 2.17. The number of thiazole rings is 1. The van der Waals surface area contributed by atoms with E-state index in [9.17, 15) is 0 Å². The summed E-state index contributed by atoms with van der Waals surface area (Å²) in [6.07, 6.45) is 8.06. The van der Waals surface area contributed by atoms with E-state index in [0.29, 0.717) is 11.9 Å². The Labute approximate surface area is 161 Å². The van der Waals surface area contributed by atoms with E-state index in [1.165, 1.54) is 0 Å². The molecule has 0 aliphatic carbocycles. The van der Waals surface area contributed by atoms with Gasteiger partial charge in [-0.3, -0.25) is 4.68 Å². The van der Waals surface area contributed by atoms with E-state index in [4.69, 9.17) is 10.7 Å². The van der Waals surface area contributed by atoms with Gasteiger partial charge in [0, 0.05) is 23.5 Å². The summed E-state index contributed by atoms with van der Waals surface area (Å²) in [5, 5.41) is 8.88. The summed E-state index contributed by atoms with van der Waals surface area (Å²) in [5.41, 5.74) is 10.1. The van der Waals surface area contributed by atoms with Crippen molar-refractivity contribution in [2.45, 2.75) is 18.9 Å². The van der Waals surface area contributed by atoms with Crippen molar-refractivity contribution < 1.29 is 0 Å². The molecule has 0 saturated carbocycles. The molecule has 7 heteroatoms. The molecule has 1 fully saturated rings. The van der Waals surface area contributed by atoms with Gasteiger partial charge in [0.25, 0.3) is 0 Å². The molecule has 27 heavy (non-hydrogen) atoms. The molecule has 3 N–H and O–H groups in total. The first kappa shape index (κ1) is 16.4. The third kappa shape index (κ3) is 3.09. The Bertz CT molecular complexity index is 1060. The maximum Gasteiger partial charge on any atom is 0.133 e. The Morgan fingerprint density at radius 1 is 1.11 bits per heavy atom. The van der Waals surface area contributed by atoms with E-state index >= 15 is 0 Å². The van der Waals surface area contributed by atoms with Gasteiger partial charge in [-0.15, -0.1) is 11.3 Å². The predicted octanol–water partition coefficient (Wildman–Crippen LogP) is 3.73. The fourth-order valence-corrected chi connectivity index (χ4v) is 4.54. The number of nitrogens with one attached hydrogen (secondary N) is 1. The Morgan fingerprint density at radius 2 is 1.96 bits per heavy atom. The minimum atomic E-state index is 0.463. The number of aromatic nitrogens is 4. The van der Waals surface area contributed by atoms with E-state index in [1.54, 1.807) is 11.3 Å². The van der Waals surface area contributed by atoms with Crippen molar-refractivity contribution in [3.05, 3.63) is 48.9 Å². The molecule has 0 spiro atoms. The number of anilines is 1. The summed E-state index contributed by atoms with van der Waals surface area (Å²) < 4.78 is 3.24. The number of fused-ring (bicyclic) bond motifs is 1. The molecule has 1 aliphatic heterocycles. The summed E-state index contributed by atoms with van der Waals surface area (Å²) in [5.74, 6) is 0.503. The van der Waals surface area contributed by atoms with Crippen LogP contribution in [0.2, 0.25) is 0 Å². The van der Waals surface area contributed by atoms with Crippen LogP contribution in [0.4, 0.5) is 5.82 Å². The second-order valence-electron chi connectivity index (χ2n) is 6.83. The summed E-state index contributed by atoms with van der Waals surface area (Å²) in [6, 6.07) is 10.7. The predicted molar refractivity (Wildman–Crippen MR) is 110 cm³/mol. The molecule has 3 aromatic heterocycles. The molecule has 0 atom stereocenters. The van der Waals surface area contributed by atoms with Gasteiger partial charge in [-0.1, -0.05) is 12.1 Å². The Hall–Kier alpha value is -2.77. The zero-order valence-corrected chi connectivity index (χ0v) is 15.6. The highest BCUT2D eigenvalue weighted by atomic mass is 32.1. The first-order chi connectivity index (χ1) is 13.3. The van der Waals surface area contributed by atoms with Crippen molar-refractivity contribution in [1.82, 2.24) is 25.1 Å². The molecular weight excluding hydrogens is 356 g/mol. The third-order valence-corrected chi connectivity index (χ3v) is 6.13. The van der Waals surface area contributed by atoms with E-state index < -0.39 is 0 Å². The van der Waals surface area contributed by atoms with Crippen LogP contribution in [-0.2, 0) is 0 Å². The van der Waals surface area contributed by atoms with Crippen LogP contribution in [0, 0.1) is 0 Å². The van der Waals surface area contributed by atoms with E-state index in [-0.39, 0.29) is 0 Å². The first-order valence-corrected chi connectivity index (χ1v) is 9.96. The normalized spacial score (nSPS) is 15.4. The SMILES string of the molecule is Nc1ncc(-c2cnn(C3CCNCC3)c2)cc1-c1nc2ccccc2s1. The van der Waals surface area contributed by atoms with Crippen LogP contribution in [0.5, 0.6) is 0 Å². The minimum absolute atomic E-state index is 0.463. The van der Waals surface area contributed by atoms with Crippen LogP contribution in [0.1, 0.15) is 18.9 Å². The van der Waals surface area contributed by atoms with Gasteiger partial charge in [0.15, 0.2) is 0 Å². The van der Waals surface area contributed by atoms with Gasteiger partial charge in [0.2, 0.25) is 0 Å². The van der Waals surface area contributed by atoms with Crippen molar-refractivity contribution in [2.75, 3.05) is 18.8 Å². The standard InChI is InChI=1S/C20H20N6S/c21-19-16(20-25-17-3-1-2-4-18(17)27-20)9-13(10-23-19)14-11-24-26(12-14)15-5-7-22-8-6-15/h1-4,9-12,15,22H,5-8H2,(H2,21,23). The lowest BCUT2D eigenvalue weighted by Crippen LogP contribution is -2.29. The Morgan fingerprint density at radius 3 is 2.81 bits per heavy atom. The smallest absolute Gasteiger partial charge is 0.133 e. The molecule has 0 amide bonds. The van der Waals surface area contributed by atoms with Crippen molar-refractivity contribution in [1.29, 1.82) is 0 Å². The molecule has 1 saturated heterocycles. The van der Waals surface area contributed by atoms with E-state index in [2.05, 4.69) is 38.4 Å². The molecule has 1 aromatic carbocycles. The zero-order valence-electron chi connectivity index (χ0n) is 14.8. The number of rotatable bonds is 3. The molecule has 0 radical (unpaired) electrons. The quantitative estimate of drug-likeness (QED) is 0.569. The van der Waals surface area contributed by atoms with Crippen molar-refractivity contribution in [3.8, 4) is 21.7 Å². The lowest BCUT2D eigenvalue weighted by molar-refractivity contribution is 0.343. The molecule has 136 valence electrons. The zero-order chi connectivity index (χ0) is 18.2. The average Bonchev–Trinajstić information content (AvgIpc) is 3.36. The number of nitrogens with zero attached hydrogens (tertiary/aromatic N) is 4. The molecule has 5 rings (SSSR count). The number of pyridine rings is 1. The van der Waals surface area contributed by atoms with Crippen LogP contribution >= 0.6 is 11.3 Å². The Balaban J connectivity index is 1.51. The number of hydrogen-bond donors (Lipinski definition) is 2. The second-order valence-corrected chi connectivity index (χ2v) is 7.86. The molecule has 0 unspecified atom stereocenters. The number of para-hydroxylation sites is 1. The van der Waals surface area contributed by atoms with Gasteiger partial charge in [0.1, 0.15) is 10.8 Å². The second kappa shape index (κ2) is 6.75. The largest absolute Gasteiger partial charge is 0.383 e. The van der Waals surface area contributed by atoms with Gasteiger partial charge in [-0.2, -0.15) is 5.10 Å². The molecular formula is C20H20N6S. The van der Waals surface area contributed by atoms with Crippen molar-refractivity contribution in [2.24, 2.45) is 0 Å². The minimum Gasteiger partial charge on any atom is -0.383 e. The lowest BCUT2D eigenvalue weighted by atomic mass is 10.1. The molecule has 0 bridgehead atoms. The number of nitrogens with two attached hydrogens (primary N) is 1. The average molecular weight is 376 g/mol. The van der Waals surface area contributed by atoms with Gasteiger partial charge in [-0.05, 0) is 44.1 Å². The lowest BCUT2D eigenvalue weighted by Gasteiger charge is -2.22. The molecule has 6 nitrogen and oxygen atoms in total. The summed E-state index contributed by atoms with van der Waals surface area (Å²) in [7, 11) is 0. The number of nitrogen functional groups attached to an aromatic ring is 1. The molecule has 4 heterocycles. The van der Waals surface area contributed by atoms with Crippen LogP contribution < -0.4 is 11.1 Å². The fraction of sp³-hybridized carbons (Fsp3) is 0.250.